The highest BCUT2D eigenvalue weighted by atomic mass is 35.5. The number of hydrogen-bond acceptors (Lipinski definition) is 5. The molecule has 7 heteroatoms. The Hall–Kier alpha value is -2.58. The molecule has 0 radical (unpaired) electrons. The summed E-state index contributed by atoms with van der Waals surface area (Å²) in [5.74, 6) is 7.49. The van der Waals surface area contributed by atoms with Crippen LogP contribution in [0.4, 0.5) is 5.69 Å². The lowest BCUT2D eigenvalue weighted by molar-refractivity contribution is 0.187. The van der Waals surface area contributed by atoms with Crippen molar-refractivity contribution in [1.29, 1.82) is 0 Å². The number of rotatable bonds is 10. The van der Waals surface area contributed by atoms with Gasteiger partial charge in [0.2, 0.25) is 0 Å². The number of likely N-dealkylation sites (tertiary alicyclic amines) is 1. The largest absolute Gasteiger partial charge is 0.612 e. The number of benzene rings is 3. The van der Waals surface area contributed by atoms with Crippen LogP contribution in [0.1, 0.15) is 29.7 Å². The first-order valence-corrected chi connectivity index (χ1v) is 16.5. The molecule has 5 rings (SSSR count). The quantitative estimate of drug-likeness (QED) is 0.116. The fourth-order valence-electron chi connectivity index (χ4n) is 5.30. The van der Waals surface area contributed by atoms with Crippen LogP contribution < -0.4 is 10.9 Å². The molecular weight excluding hydrogens is 554 g/mol. The average molecular weight is 590 g/mol. The molecule has 1 fully saturated rings. The molecule has 0 saturated carbocycles. The first kappa shape index (κ1) is 28.9. The molecule has 4 aromatic rings. The van der Waals surface area contributed by atoms with Crippen molar-refractivity contribution in [3.8, 4) is 10.4 Å². The van der Waals surface area contributed by atoms with E-state index < -0.39 is 11.2 Å². The molecule has 1 aliphatic rings. The SMILES string of the molecule is C[S+]([O-])c1cccc(-c2ccc(/C(=C/CCN3CCC(Cc4ccccc4)CC3)N(N)c3ccccc3Cl)s2)c1. The lowest BCUT2D eigenvalue weighted by Crippen LogP contribution is -2.35. The average Bonchev–Trinajstić information content (AvgIpc) is 3.47. The molecule has 0 bridgehead atoms. The number of anilines is 1. The predicted octanol–water partition coefficient (Wildman–Crippen LogP) is 7.87. The maximum absolute atomic E-state index is 12.0. The van der Waals surface area contributed by atoms with Crippen LogP contribution in [0.3, 0.4) is 0 Å². The Kier molecular flexibility index (Phi) is 10.0. The summed E-state index contributed by atoms with van der Waals surface area (Å²) in [6.07, 6.45) is 8.51. The number of nitrogens with two attached hydrogens (primary N) is 1. The van der Waals surface area contributed by atoms with Crippen molar-refractivity contribution in [2.24, 2.45) is 11.8 Å². The van der Waals surface area contributed by atoms with Crippen molar-refractivity contribution in [3.63, 3.8) is 0 Å². The molecule has 0 amide bonds. The Morgan fingerprint density at radius 2 is 1.77 bits per heavy atom. The standard InChI is InChI=1S/C33H36ClN3OS2/c1-40(38)28-12-7-11-27(24-28)32-16-17-33(39-32)31(37(35)30-14-6-5-13-29(30)34)15-8-20-36-21-18-26(19-22-36)23-25-9-3-2-4-10-25/h2-7,9-17,24,26H,8,18-23,35H2,1H3/b31-15-. The van der Waals surface area contributed by atoms with Gasteiger partial charge in [0, 0.05) is 17.5 Å². The Bertz CT molecular complexity index is 1410. The third kappa shape index (κ3) is 7.38. The lowest BCUT2D eigenvalue weighted by atomic mass is 9.90. The number of piperidine rings is 1. The van der Waals surface area contributed by atoms with E-state index in [4.69, 9.17) is 17.4 Å². The van der Waals surface area contributed by atoms with Gasteiger partial charge >= 0.3 is 0 Å². The van der Waals surface area contributed by atoms with Gasteiger partial charge in [-0.1, -0.05) is 72.3 Å². The van der Waals surface area contributed by atoms with Crippen molar-refractivity contribution < 1.29 is 4.55 Å². The van der Waals surface area contributed by atoms with Gasteiger partial charge in [-0.3, -0.25) is 5.01 Å². The van der Waals surface area contributed by atoms with E-state index in [0.717, 1.165) is 63.6 Å². The molecule has 2 heterocycles. The van der Waals surface area contributed by atoms with Crippen LogP contribution in [0, 0.1) is 5.92 Å². The van der Waals surface area contributed by atoms with E-state index >= 15 is 0 Å². The summed E-state index contributed by atoms with van der Waals surface area (Å²) < 4.78 is 12.0. The number of thiophene rings is 1. The van der Waals surface area contributed by atoms with Gasteiger partial charge in [0.25, 0.3) is 0 Å². The smallest absolute Gasteiger partial charge is 0.153 e. The van der Waals surface area contributed by atoms with E-state index in [-0.39, 0.29) is 0 Å². The first-order valence-electron chi connectivity index (χ1n) is 13.8. The number of hydrogen-bond donors (Lipinski definition) is 1. The molecule has 4 nitrogen and oxygen atoms in total. The van der Waals surface area contributed by atoms with E-state index in [1.165, 1.54) is 24.8 Å². The van der Waals surface area contributed by atoms with Crippen LogP contribution in [0.2, 0.25) is 5.02 Å². The minimum Gasteiger partial charge on any atom is -0.612 e. The van der Waals surface area contributed by atoms with Gasteiger partial charge < -0.3 is 9.45 Å². The highest BCUT2D eigenvalue weighted by Crippen LogP contribution is 2.36. The molecule has 1 atom stereocenters. The maximum Gasteiger partial charge on any atom is 0.153 e. The van der Waals surface area contributed by atoms with Gasteiger partial charge in [-0.15, -0.1) is 11.3 Å². The Balaban J connectivity index is 1.29. The van der Waals surface area contributed by atoms with E-state index in [1.807, 2.05) is 42.5 Å². The normalized spacial score (nSPS) is 15.8. The van der Waals surface area contributed by atoms with Gasteiger partial charge in [-0.05, 0) is 97.3 Å². The molecule has 0 spiro atoms. The summed E-state index contributed by atoms with van der Waals surface area (Å²) in [5, 5.41) is 2.33. The maximum atomic E-state index is 12.0. The third-order valence-electron chi connectivity index (χ3n) is 7.54. The lowest BCUT2D eigenvalue weighted by Gasteiger charge is -2.32. The summed E-state index contributed by atoms with van der Waals surface area (Å²) in [4.78, 5) is 5.58. The number of halogens is 1. The fraction of sp³-hybridized carbons (Fsp3) is 0.273. The van der Waals surface area contributed by atoms with Gasteiger partial charge in [0.05, 0.1) is 21.3 Å². The van der Waals surface area contributed by atoms with Crippen LogP contribution in [-0.2, 0) is 17.6 Å². The van der Waals surface area contributed by atoms with E-state index in [1.54, 1.807) is 22.6 Å². The van der Waals surface area contributed by atoms with E-state index in [9.17, 15) is 4.55 Å². The molecule has 1 unspecified atom stereocenters. The van der Waals surface area contributed by atoms with Gasteiger partial charge in [-0.2, -0.15) is 0 Å². The van der Waals surface area contributed by atoms with Crippen molar-refractivity contribution >= 4 is 45.5 Å². The predicted molar refractivity (Wildman–Crippen MR) is 172 cm³/mol. The van der Waals surface area contributed by atoms with Gasteiger partial charge in [0.15, 0.2) is 4.90 Å². The molecule has 40 heavy (non-hydrogen) atoms. The summed E-state index contributed by atoms with van der Waals surface area (Å²) >= 11 is 7.20. The van der Waals surface area contributed by atoms with Crippen LogP contribution in [0.25, 0.3) is 16.1 Å². The van der Waals surface area contributed by atoms with Crippen molar-refractivity contribution in [3.05, 3.63) is 113 Å². The molecule has 1 aliphatic heterocycles. The van der Waals surface area contributed by atoms with Crippen LogP contribution in [-0.4, -0.2) is 35.3 Å². The van der Waals surface area contributed by atoms with Crippen LogP contribution >= 0.6 is 22.9 Å². The number of hydrazine groups is 1. The summed E-state index contributed by atoms with van der Waals surface area (Å²) in [5.41, 5.74) is 4.22. The second-order valence-electron chi connectivity index (χ2n) is 10.3. The van der Waals surface area contributed by atoms with Crippen molar-refractivity contribution in [2.45, 2.75) is 30.6 Å². The summed E-state index contributed by atoms with van der Waals surface area (Å²) in [6.45, 7) is 3.27. The third-order valence-corrected chi connectivity index (χ3v) is 9.93. The van der Waals surface area contributed by atoms with E-state index in [0.29, 0.717) is 5.02 Å². The molecule has 3 aromatic carbocycles. The molecule has 208 valence electrons. The van der Waals surface area contributed by atoms with Gasteiger partial charge in [0.1, 0.15) is 6.26 Å². The summed E-state index contributed by atoms with van der Waals surface area (Å²) in [7, 11) is 0. The van der Waals surface area contributed by atoms with E-state index in [2.05, 4.69) is 59.5 Å². The highest BCUT2D eigenvalue weighted by Gasteiger charge is 2.20. The Morgan fingerprint density at radius 1 is 1.02 bits per heavy atom. The van der Waals surface area contributed by atoms with Gasteiger partial charge in [-0.25, -0.2) is 5.84 Å². The second kappa shape index (κ2) is 13.9. The summed E-state index contributed by atoms with van der Waals surface area (Å²) in [6, 6.07) is 30.7. The molecule has 2 N–H and O–H groups in total. The Morgan fingerprint density at radius 3 is 2.52 bits per heavy atom. The topological polar surface area (TPSA) is 55.6 Å². The van der Waals surface area contributed by atoms with Crippen molar-refractivity contribution in [2.75, 3.05) is 30.9 Å². The van der Waals surface area contributed by atoms with Crippen LogP contribution in [0.5, 0.6) is 0 Å². The first-order chi connectivity index (χ1) is 19.5. The number of para-hydroxylation sites is 1. The monoisotopic (exact) mass is 589 g/mol. The molecule has 0 aliphatic carbocycles. The minimum atomic E-state index is -1.02. The fourth-order valence-corrected chi connectivity index (χ4v) is 7.13. The zero-order valence-electron chi connectivity index (χ0n) is 22.8. The van der Waals surface area contributed by atoms with Crippen LogP contribution in [0.15, 0.2) is 102 Å². The molecular formula is C33H36ClN3OS2. The zero-order chi connectivity index (χ0) is 27.9. The Labute approximate surface area is 250 Å². The highest BCUT2D eigenvalue weighted by molar-refractivity contribution is 7.90. The second-order valence-corrected chi connectivity index (χ2v) is 13.2. The molecule has 1 saturated heterocycles. The number of nitrogens with zero attached hydrogens (tertiary/aromatic N) is 2. The van der Waals surface area contributed by atoms with Crippen molar-refractivity contribution in [1.82, 2.24) is 4.90 Å². The minimum absolute atomic E-state index is 0.617. The zero-order valence-corrected chi connectivity index (χ0v) is 25.2. The molecule has 1 aromatic heterocycles.